The highest BCUT2D eigenvalue weighted by Gasteiger charge is 2.55. The summed E-state index contributed by atoms with van der Waals surface area (Å²) in [6, 6.07) is 30.6. The van der Waals surface area contributed by atoms with E-state index in [0.717, 1.165) is 15.6 Å². The summed E-state index contributed by atoms with van der Waals surface area (Å²) in [6.07, 6.45) is 1.49. The topological polar surface area (TPSA) is 36.9 Å². The summed E-state index contributed by atoms with van der Waals surface area (Å²) in [4.78, 5) is 0. The van der Waals surface area contributed by atoms with Crippen molar-refractivity contribution >= 4 is 49.6 Å². The highest BCUT2D eigenvalue weighted by atomic mass is 28.5. The first-order chi connectivity index (χ1) is 16.6. The van der Waals surface area contributed by atoms with Gasteiger partial charge in [-0.25, -0.2) is 0 Å². The molecule has 0 heterocycles. The number of benzene rings is 3. The minimum absolute atomic E-state index is 1.01. The third kappa shape index (κ3) is 6.67. The van der Waals surface area contributed by atoms with Gasteiger partial charge in [0.1, 0.15) is 0 Å². The Bertz CT molecular complexity index is 1070. The third-order valence-electron chi connectivity index (χ3n) is 5.64. The van der Waals surface area contributed by atoms with Gasteiger partial charge in [-0.05, 0) is 43.1 Å². The molecule has 0 saturated heterocycles. The third-order valence-corrected chi connectivity index (χ3v) is 20.7. The maximum atomic E-state index is 7.31. The van der Waals surface area contributed by atoms with Crippen LogP contribution in [0, 0.1) is 0 Å². The Labute approximate surface area is 214 Å². The molecule has 3 aromatic carbocycles. The lowest BCUT2D eigenvalue weighted by molar-refractivity contribution is 0.301. The number of hydrogen-bond acceptors (Lipinski definition) is 4. The lowest BCUT2D eigenvalue weighted by atomic mass is 10.4. The van der Waals surface area contributed by atoms with Crippen LogP contribution in [0.25, 0.3) is 0 Å². The van der Waals surface area contributed by atoms with Crippen LogP contribution in [-0.4, -0.2) is 34.0 Å². The summed E-state index contributed by atoms with van der Waals surface area (Å²) in [7, 11) is -11.2. The Morgan fingerprint density at radius 1 is 0.571 bits per heavy atom. The van der Waals surface area contributed by atoms with E-state index in [1.54, 1.807) is 0 Å². The lowest BCUT2D eigenvalue weighted by Crippen LogP contribution is -2.73. The molecule has 0 N–H and O–H groups in total. The zero-order chi connectivity index (χ0) is 25.6. The molecule has 1 unspecified atom stereocenters. The molecule has 0 fully saturated rings. The van der Waals surface area contributed by atoms with Crippen molar-refractivity contribution < 1.29 is 16.8 Å². The fraction of sp³-hybridized carbons (Fsp3) is 0.185. The van der Waals surface area contributed by atoms with E-state index in [-0.39, 0.29) is 0 Å². The van der Waals surface area contributed by atoms with E-state index in [2.05, 4.69) is 82.3 Å². The van der Waals surface area contributed by atoms with Gasteiger partial charge in [-0.3, -0.25) is 0 Å². The van der Waals surface area contributed by atoms with E-state index in [9.17, 15) is 0 Å². The SMILES string of the molecule is C=CO[Si](C)(O[Si](O[Si](C)(C)O[Si](C)(C)C=C)(c1ccccc1)c1ccccc1)c1ccccc1. The molecule has 0 amide bonds. The van der Waals surface area contributed by atoms with Crippen molar-refractivity contribution in [3.63, 3.8) is 0 Å². The molecule has 0 saturated carbocycles. The second-order valence-electron chi connectivity index (χ2n) is 9.46. The van der Waals surface area contributed by atoms with E-state index >= 15 is 0 Å². The molecule has 8 heteroatoms. The van der Waals surface area contributed by atoms with Crippen LogP contribution < -0.4 is 15.6 Å². The van der Waals surface area contributed by atoms with Crippen molar-refractivity contribution in [2.45, 2.75) is 32.7 Å². The molecule has 0 aromatic heterocycles. The zero-order valence-corrected chi connectivity index (χ0v) is 25.4. The van der Waals surface area contributed by atoms with Crippen molar-refractivity contribution in [2.24, 2.45) is 0 Å². The molecule has 0 spiro atoms. The maximum absolute atomic E-state index is 7.31. The number of rotatable bonds is 12. The highest BCUT2D eigenvalue weighted by molar-refractivity contribution is 7.03. The average molecular weight is 537 g/mol. The standard InChI is InChI=1S/C27H36O4Si4/c1-8-28-34(7,25-19-13-10-14-20-25)31-35(26-21-15-11-16-22-26,27-23-17-12-18-24-27)30-33(5,6)29-32(3,4)9-2/h8-24H,1-2H2,3-7H3. The molecule has 4 nitrogen and oxygen atoms in total. The average Bonchev–Trinajstić information content (AvgIpc) is 2.84. The van der Waals surface area contributed by atoms with Gasteiger partial charge < -0.3 is 16.8 Å². The number of hydrogen-bond donors (Lipinski definition) is 0. The Hall–Kier alpha value is -2.31. The molecule has 0 aliphatic rings. The summed E-state index contributed by atoms with van der Waals surface area (Å²) in [5, 5.41) is 3.03. The van der Waals surface area contributed by atoms with Crippen molar-refractivity contribution in [1.82, 2.24) is 0 Å². The van der Waals surface area contributed by atoms with E-state index in [1.807, 2.05) is 60.3 Å². The predicted molar refractivity (Wildman–Crippen MR) is 155 cm³/mol. The van der Waals surface area contributed by atoms with Crippen LogP contribution >= 0.6 is 0 Å². The van der Waals surface area contributed by atoms with Gasteiger partial charge in [-0.2, -0.15) is 0 Å². The first-order valence-electron chi connectivity index (χ1n) is 11.8. The van der Waals surface area contributed by atoms with E-state index < -0.39 is 34.0 Å². The lowest BCUT2D eigenvalue weighted by Gasteiger charge is -2.44. The fourth-order valence-corrected chi connectivity index (χ4v) is 21.0. The second kappa shape index (κ2) is 11.2. The molecule has 1 atom stereocenters. The van der Waals surface area contributed by atoms with Crippen LogP contribution in [0.4, 0.5) is 0 Å². The summed E-state index contributed by atoms with van der Waals surface area (Å²) in [5.41, 5.74) is 1.95. The van der Waals surface area contributed by atoms with Gasteiger partial charge in [-0.15, -0.1) is 6.58 Å². The van der Waals surface area contributed by atoms with Gasteiger partial charge in [0.25, 0.3) is 0 Å². The van der Waals surface area contributed by atoms with Crippen LogP contribution in [0.2, 0.25) is 32.7 Å². The molecule has 184 valence electrons. The van der Waals surface area contributed by atoms with Crippen LogP contribution in [0.15, 0.2) is 116 Å². The van der Waals surface area contributed by atoms with Crippen LogP contribution in [0.1, 0.15) is 0 Å². The molecule has 0 bridgehead atoms. The predicted octanol–water partition coefficient (Wildman–Crippen LogP) is 5.06. The van der Waals surface area contributed by atoms with Gasteiger partial charge in [0.2, 0.25) is 0 Å². The van der Waals surface area contributed by atoms with Crippen LogP contribution in [0.3, 0.4) is 0 Å². The van der Waals surface area contributed by atoms with E-state index in [0.29, 0.717) is 0 Å². The summed E-state index contributed by atoms with van der Waals surface area (Å²) in [6.45, 7) is 18.4. The van der Waals surface area contributed by atoms with Gasteiger partial charge >= 0.3 is 25.7 Å². The van der Waals surface area contributed by atoms with Gasteiger partial charge in [0.05, 0.1) is 6.26 Å². The van der Waals surface area contributed by atoms with Crippen molar-refractivity contribution in [1.29, 1.82) is 0 Å². The fourth-order valence-electron chi connectivity index (χ4n) is 4.11. The van der Waals surface area contributed by atoms with Crippen molar-refractivity contribution in [3.8, 4) is 0 Å². The Morgan fingerprint density at radius 2 is 1.00 bits per heavy atom. The van der Waals surface area contributed by atoms with Crippen LogP contribution in [0.5, 0.6) is 0 Å². The molecular weight excluding hydrogens is 501 g/mol. The molecule has 0 radical (unpaired) electrons. The van der Waals surface area contributed by atoms with Gasteiger partial charge in [0.15, 0.2) is 8.32 Å². The molecule has 0 aliphatic carbocycles. The van der Waals surface area contributed by atoms with Crippen molar-refractivity contribution in [3.05, 3.63) is 116 Å². The largest absolute Gasteiger partial charge is 0.525 e. The van der Waals surface area contributed by atoms with Gasteiger partial charge in [-0.1, -0.05) is 103 Å². The summed E-state index contributed by atoms with van der Waals surface area (Å²) in [5.74, 6) is 0. The highest BCUT2D eigenvalue weighted by Crippen LogP contribution is 2.25. The quantitative estimate of drug-likeness (QED) is 0.239. The zero-order valence-electron chi connectivity index (χ0n) is 21.4. The first-order valence-corrected chi connectivity index (χ1v) is 21.7. The normalized spacial score (nSPS) is 14.1. The minimum Gasteiger partial charge on any atom is -0.525 e. The van der Waals surface area contributed by atoms with E-state index in [4.69, 9.17) is 16.8 Å². The molecule has 0 aliphatic heterocycles. The maximum Gasteiger partial charge on any atom is 0.421 e. The minimum atomic E-state index is -3.34. The van der Waals surface area contributed by atoms with E-state index in [1.165, 1.54) is 6.26 Å². The Kier molecular flexibility index (Phi) is 8.71. The first kappa shape index (κ1) is 27.3. The summed E-state index contributed by atoms with van der Waals surface area (Å²) >= 11 is 0. The smallest absolute Gasteiger partial charge is 0.421 e. The summed E-state index contributed by atoms with van der Waals surface area (Å²) < 4.78 is 27.5. The Morgan fingerprint density at radius 3 is 1.40 bits per heavy atom. The molecule has 3 aromatic rings. The molecule has 35 heavy (non-hydrogen) atoms. The van der Waals surface area contributed by atoms with Crippen LogP contribution in [-0.2, 0) is 16.8 Å². The van der Waals surface area contributed by atoms with Gasteiger partial charge in [0, 0.05) is 5.19 Å². The molecular formula is C27H36O4Si4. The Balaban J connectivity index is 2.26. The van der Waals surface area contributed by atoms with Crippen molar-refractivity contribution in [2.75, 3.05) is 0 Å². The monoisotopic (exact) mass is 536 g/mol. The second-order valence-corrected chi connectivity index (χ2v) is 23.4. The molecule has 3 rings (SSSR count).